The van der Waals surface area contributed by atoms with Gasteiger partial charge < -0.3 is 14.8 Å². The van der Waals surface area contributed by atoms with Crippen LogP contribution in [0.15, 0.2) is 18.3 Å². The largest absolute Gasteiger partial charge is 0.476 e. The van der Waals surface area contributed by atoms with Gasteiger partial charge in [0.2, 0.25) is 0 Å². The first-order chi connectivity index (χ1) is 9.15. The summed E-state index contributed by atoms with van der Waals surface area (Å²) in [6.45, 7) is 3.00. The van der Waals surface area contributed by atoms with Crippen LogP contribution in [0.5, 0.6) is 0 Å². The first-order valence-electron chi connectivity index (χ1n) is 6.59. The van der Waals surface area contributed by atoms with E-state index in [0.717, 1.165) is 30.8 Å². The average molecular weight is 259 g/mol. The molecule has 1 aliphatic rings. The number of carboxylic acid groups (broad SMARTS) is 1. The number of aryl methyl sites for hydroxylation is 1. The van der Waals surface area contributed by atoms with Gasteiger partial charge in [0, 0.05) is 18.7 Å². The van der Waals surface area contributed by atoms with E-state index in [0.29, 0.717) is 11.6 Å². The molecule has 1 aliphatic heterocycles. The summed E-state index contributed by atoms with van der Waals surface area (Å²) in [5.74, 6) is -0.138. The lowest BCUT2D eigenvalue weighted by Crippen LogP contribution is -2.24. The normalized spacial score (nSPS) is 19.1. The molecule has 0 amide bonds. The van der Waals surface area contributed by atoms with Crippen molar-refractivity contribution in [3.05, 3.63) is 35.4 Å². The lowest BCUT2D eigenvalue weighted by Gasteiger charge is -2.08. The molecule has 0 saturated carbocycles. The first kappa shape index (κ1) is 12.2. The minimum atomic E-state index is -0.964. The van der Waals surface area contributed by atoms with Crippen molar-refractivity contribution in [2.24, 2.45) is 0 Å². The molecule has 3 heterocycles. The third kappa shape index (κ3) is 2.21. The molecule has 2 aromatic heterocycles. The van der Waals surface area contributed by atoms with E-state index >= 15 is 0 Å². The summed E-state index contributed by atoms with van der Waals surface area (Å²) in [6, 6.07) is 4.27. The minimum absolute atomic E-state index is 0.150. The molecule has 5 nitrogen and oxygen atoms in total. The van der Waals surface area contributed by atoms with Gasteiger partial charge in [0.25, 0.3) is 0 Å². The number of carbonyl (C=O) groups is 1. The van der Waals surface area contributed by atoms with Crippen LogP contribution in [0.2, 0.25) is 0 Å². The van der Waals surface area contributed by atoms with Crippen molar-refractivity contribution in [3.63, 3.8) is 0 Å². The smallest absolute Gasteiger partial charge is 0.356 e. The summed E-state index contributed by atoms with van der Waals surface area (Å²) >= 11 is 0. The molecule has 1 atom stereocenters. The third-order valence-corrected chi connectivity index (χ3v) is 3.67. The predicted molar refractivity (Wildman–Crippen MR) is 71.6 cm³/mol. The van der Waals surface area contributed by atoms with Gasteiger partial charge in [-0.2, -0.15) is 0 Å². The number of fused-ring (bicyclic) bond motifs is 1. The number of pyridine rings is 1. The second kappa shape index (κ2) is 4.66. The van der Waals surface area contributed by atoms with Crippen LogP contribution in [0.4, 0.5) is 0 Å². The number of nitrogens with zero attached hydrogens (tertiary/aromatic N) is 2. The molecule has 100 valence electrons. The van der Waals surface area contributed by atoms with E-state index in [4.69, 9.17) is 0 Å². The molecule has 3 rings (SSSR count). The van der Waals surface area contributed by atoms with Crippen molar-refractivity contribution in [1.82, 2.24) is 14.7 Å². The number of hydrogen-bond donors (Lipinski definition) is 2. The highest BCUT2D eigenvalue weighted by molar-refractivity contribution is 5.93. The van der Waals surface area contributed by atoms with Crippen LogP contribution in [-0.2, 0) is 6.42 Å². The zero-order valence-electron chi connectivity index (χ0n) is 10.9. The number of nitrogens with one attached hydrogen (secondary N) is 1. The fraction of sp³-hybridized carbons (Fsp3) is 0.429. The molecule has 19 heavy (non-hydrogen) atoms. The van der Waals surface area contributed by atoms with Crippen molar-refractivity contribution < 1.29 is 9.90 Å². The number of rotatable bonds is 3. The molecule has 0 radical (unpaired) electrons. The second-order valence-corrected chi connectivity index (χ2v) is 5.14. The van der Waals surface area contributed by atoms with E-state index < -0.39 is 5.97 Å². The lowest BCUT2D eigenvalue weighted by molar-refractivity contribution is 0.0693. The van der Waals surface area contributed by atoms with Crippen LogP contribution in [0.1, 0.15) is 34.7 Å². The summed E-state index contributed by atoms with van der Waals surface area (Å²) in [4.78, 5) is 15.6. The summed E-state index contributed by atoms with van der Waals surface area (Å²) in [7, 11) is 0. The van der Waals surface area contributed by atoms with E-state index in [1.165, 1.54) is 6.42 Å². The van der Waals surface area contributed by atoms with Gasteiger partial charge in [-0.05, 0) is 44.0 Å². The molecular formula is C14H17N3O2. The van der Waals surface area contributed by atoms with Gasteiger partial charge in [0.05, 0.1) is 5.52 Å². The van der Waals surface area contributed by atoms with Crippen LogP contribution in [0.25, 0.3) is 5.52 Å². The number of hydrogen-bond acceptors (Lipinski definition) is 3. The monoisotopic (exact) mass is 259 g/mol. The van der Waals surface area contributed by atoms with Crippen LogP contribution < -0.4 is 5.32 Å². The standard InChI is InChI=1S/C14H17N3O2/c1-9-4-6-17-11(7-9)13(14(18)19)16-12(17)8-10-3-2-5-15-10/h4,6-7,10,15H,2-3,5,8H2,1H3,(H,18,19). The Balaban J connectivity index is 2.06. The summed E-state index contributed by atoms with van der Waals surface area (Å²) in [6.07, 6.45) is 4.99. The van der Waals surface area contributed by atoms with Gasteiger partial charge in [0.1, 0.15) is 5.82 Å². The molecule has 1 unspecified atom stereocenters. The van der Waals surface area contributed by atoms with E-state index in [-0.39, 0.29) is 5.69 Å². The molecular weight excluding hydrogens is 242 g/mol. The molecule has 1 saturated heterocycles. The molecule has 2 aromatic rings. The predicted octanol–water partition coefficient (Wildman–Crippen LogP) is 1.64. The van der Waals surface area contributed by atoms with Crippen LogP contribution in [-0.4, -0.2) is 33.0 Å². The highest BCUT2D eigenvalue weighted by Gasteiger charge is 2.21. The minimum Gasteiger partial charge on any atom is -0.476 e. The molecule has 0 aliphatic carbocycles. The highest BCUT2D eigenvalue weighted by atomic mass is 16.4. The zero-order chi connectivity index (χ0) is 13.4. The molecule has 1 fully saturated rings. The Kier molecular flexibility index (Phi) is 2.98. The Morgan fingerprint density at radius 2 is 2.47 bits per heavy atom. The lowest BCUT2D eigenvalue weighted by atomic mass is 10.1. The number of aromatic carboxylic acids is 1. The van der Waals surface area contributed by atoms with Crippen molar-refractivity contribution in [2.75, 3.05) is 6.54 Å². The Morgan fingerprint density at radius 1 is 1.63 bits per heavy atom. The number of aromatic nitrogens is 2. The first-order valence-corrected chi connectivity index (χ1v) is 6.59. The molecule has 0 spiro atoms. The maximum atomic E-state index is 11.3. The SMILES string of the molecule is Cc1ccn2c(CC3CCCN3)nc(C(=O)O)c2c1. The van der Waals surface area contributed by atoms with Gasteiger partial charge in [-0.15, -0.1) is 0 Å². The Hall–Kier alpha value is -1.88. The van der Waals surface area contributed by atoms with Crippen molar-refractivity contribution in [2.45, 2.75) is 32.2 Å². The maximum Gasteiger partial charge on any atom is 0.356 e. The average Bonchev–Trinajstić information content (AvgIpc) is 2.97. The fourth-order valence-corrected chi connectivity index (χ4v) is 2.71. The molecule has 0 bridgehead atoms. The van der Waals surface area contributed by atoms with Gasteiger partial charge in [-0.3, -0.25) is 0 Å². The van der Waals surface area contributed by atoms with Gasteiger partial charge >= 0.3 is 5.97 Å². The number of carboxylic acids is 1. The molecule has 0 aromatic carbocycles. The van der Waals surface area contributed by atoms with Crippen LogP contribution in [0, 0.1) is 6.92 Å². The summed E-state index contributed by atoms with van der Waals surface area (Å²) < 4.78 is 1.90. The Morgan fingerprint density at radius 3 is 3.16 bits per heavy atom. The fourth-order valence-electron chi connectivity index (χ4n) is 2.71. The van der Waals surface area contributed by atoms with Crippen molar-refractivity contribution in [3.8, 4) is 0 Å². The Bertz CT molecular complexity index is 627. The Labute approximate surface area is 111 Å². The van der Waals surface area contributed by atoms with Crippen LogP contribution >= 0.6 is 0 Å². The van der Waals surface area contributed by atoms with E-state index in [1.54, 1.807) is 0 Å². The van der Waals surface area contributed by atoms with Crippen molar-refractivity contribution in [1.29, 1.82) is 0 Å². The topological polar surface area (TPSA) is 66.6 Å². The number of imidazole rings is 1. The zero-order valence-corrected chi connectivity index (χ0v) is 10.9. The summed E-state index contributed by atoms with van der Waals surface area (Å²) in [5.41, 5.74) is 1.87. The van der Waals surface area contributed by atoms with Gasteiger partial charge in [-0.1, -0.05) is 0 Å². The molecule has 5 heteroatoms. The summed E-state index contributed by atoms with van der Waals surface area (Å²) in [5, 5.41) is 12.7. The quantitative estimate of drug-likeness (QED) is 0.879. The van der Waals surface area contributed by atoms with E-state index in [9.17, 15) is 9.90 Å². The highest BCUT2D eigenvalue weighted by Crippen LogP contribution is 2.18. The van der Waals surface area contributed by atoms with E-state index in [2.05, 4.69) is 10.3 Å². The van der Waals surface area contributed by atoms with Crippen molar-refractivity contribution >= 4 is 11.5 Å². The van der Waals surface area contributed by atoms with Gasteiger partial charge in [-0.25, -0.2) is 9.78 Å². The van der Waals surface area contributed by atoms with Gasteiger partial charge in [0.15, 0.2) is 5.69 Å². The third-order valence-electron chi connectivity index (χ3n) is 3.67. The molecule has 2 N–H and O–H groups in total. The van der Waals surface area contributed by atoms with Crippen LogP contribution in [0.3, 0.4) is 0 Å². The maximum absolute atomic E-state index is 11.3. The van der Waals surface area contributed by atoms with E-state index in [1.807, 2.05) is 29.7 Å². The second-order valence-electron chi connectivity index (χ2n) is 5.14.